The minimum atomic E-state index is -1.18. The van der Waals surface area contributed by atoms with Gasteiger partial charge in [0.1, 0.15) is 12.1 Å². The number of carboxylic acid groups (broad SMARTS) is 1. The van der Waals surface area contributed by atoms with E-state index in [1.807, 2.05) is 6.07 Å². The zero-order chi connectivity index (χ0) is 16.4. The zero-order valence-electron chi connectivity index (χ0n) is 12.2. The van der Waals surface area contributed by atoms with Crippen LogP contribution in [0.2, 0.25) is 0 Å². The molecule has 3 heterocycles. The van der Waals surface area contributed by atoms with Crippen LogP contribution < -0.4 is 5.32 Å². The summed E-state index contributed by atoms with van der Waals surface area (Å²) in [7, 11) is 0. The molecule has 1 spiro atoms. The molecule has 9 heteroatoms. The van der Waals surface area contributed by atoms with Gasteiger partial charge in [0.25, 0.3) is 0 Å². The highest BCUT2D eigenvalue weighted by atomic mass is 32.1. The SMILES string of the molecule is N#Cc1csc(CNC(=O)[C@@H]2CC3(CN2C(=O)O)OCCO3)c1. The van der Waals surface area contributed by atoms with Crippen LogP contribution in [-0.4, -0.2) is 53.6 Å². The first-order valence-electron chi connectivity index (χ1n) is 7.06. The van der Waals surface area contributed by atoms with Gasteiger partial charge in [0.05, 0.1) is 31.9 Å². The van der Waals surface area contributed by atoms with Gasteiger partial charge in [-0.1, -0.05) is 0 Å². The average Bonchev–Trinajstić information content (AvgIpc) is 3.25. The molecule has 1 atom stereocenters. The van der Waals surface area contributed by atoms with E-state index in [2.05, 4.69) is 5.32 Å². The lowest BCUT2D eigenvalue weighted by Gasteiger charge is -2.20. The van der Waals surface area contributed by atoms with Crippen LogP contribution in [0.3, 0.4) is 0 Å². The largest absolute Gasteiger partial charge is 0.465 e. The van der Waals surface area contributed by atoms with Crippen molar-refractivity contribution in [2.75, 3.05) is 19.8 Å². The van der Waals surface area contributed by atoms with Crippen LogP contribution in [0.15, 0.2) is 11.4 Å². The first-order chi connectivity index (χ1) is 11.0. The van der Waals surface area contributed by atoms with Crippen molar-refractivity contribution in [2.45, 2.75) is 24.8 Å². The molecule has 1 aromatic rings. The van der Waals surface area contributed by atoms with E-state index < -0.39 is 23.8 Å². The third-order valence-corrected chi connectivity index (χ3v) is 4.81. The molecule has 2 aliphatic heterocycles. The van der Waals surface area contributed by atoms with Gasteiger partial charge >= 0.3 is 6.09 Å². The number of hydrogen-bond acceptors (Lipinski definition) is 6. The maximum absolute atomic E-state index is 12.4. The fraction of sp³-hybridized carbons (Fsp3) is 0.500. The van der Waals surface area contributed by atoms with E-state index in [-0.39, 0.29) is 19.5 Å². The van der Waals surface area contributed by atoms with Crippen molar-refractivity contribution in [3.05, 3.63) is 21.9 Å². The lowest BCUT2D eigenvalue weighted by Crippen LogP contribution is -2.45. The van der Waals surface area contributed by atoms with E-state index >= 15 is 0 Å². The second-order valence-corrected chi connectivity index (χ2v) is 6.37. The van der Waals surface area contributed by atoms with Crippen LogP contribution in [0.1, 0.15) is 16.9 Å². The Morgan fingerprint density at radius 1 is 1.52 bits per heavy atom. The van der Waals surface area contributed by atoms with Crippen molar-refractivity contribution in [3.63, 3.8) is 0 Å². The molecule has 0 saturated carbocycles. The molecule has 8 nitrogen and oxygen atoms in total. The van der Waals surface area contributed by atoms with Crippen molar-refractivity contribution in [3.8, 4) is 6.07 Å². The molecule has 2 aliphatic rings. The highest BCUT2D eigenvalue weighted by Gasteiger charge is 2.52. The number of nitriles is 1. The van der Waals surface area contributed by atoms with Crippen molar-refractivity contribution < 1.29 is 24.2 Å². The van der Waals surface area contributed by atoms with Crippen molar-refractivity contribution in [2.24, 2.45) is 0 Å². The Balaban J connectivity index is 1.65. The van der Waals surface area contributed by atoms with Gasteiger partial charge < -0.3 is 19.9 Å². The Labute approximate surface area is 136 Å². The van der Waals surface area contributed by atoms with E-state index in [1.54, 1.807) is 11.4 Å². The van der Waals surface area contributed by atoms with Crippen LogP contribution in [-0.2, 0) is 20.8 Å². The van der Waals surface area contributed by atoms with Crippen molar-refractivity contribution in [1.29, 1.82) is 5.26 Å². The zero-order valence-corrected chi connectivity index (χ0v) is 13.0. The lowest BCUT2D eigenvalue weighted by molar-refractivity contribution is -0.146. The van der Waals surface area contributed by atoms with Gasteiger partial charge in [-0.3, -0.25) is 9.69 Å². The van der Waals surface area contributed by atoms with Crippen LogP contribution in [0, 0.1) is 11.3 Å². The summed E-state index contributed by atoms with van der Waals surface area (Å²) in [5, 5.41) is 22.5. The molecule has 0 bridgehead atoms. The number of carbonyl (C=O) groups excluding carboxylic acids is 1. The molecule has 2 N–H and O–H groups in total. The Kier molecular flexibility index (Phi) is 4.21. The third-order valence-electron chi connectivity index (χ3n) is 3.87. The van der Waals surface area contributed by atoms with E-state index in [1.165, 1.54) is 11.3 Å². The van der Waals surface area contributed by atoms with Gasteiger partial charge in [0.15, 0.2) is 5.79 Å². The molecule has 3 rings (SSSR count). The molecule has 122 valence electrons. The Morgan fingerprint density at radius 3 is 2.87 bits per heavy atom. The number of nitrogens with one attached hydrogen (secondary N) is 1. The van der Waals surface area contributed by atoms with Crippen LogP contribution >= 0.6 is 11.3 Å². The highest BCUT2D eigenvalue weighted by molar-refractivity contribution is 7.10. The normalized spacial score (nSPS) is 22.2. The second kappa shape index (κ2) is 6.16. The van der Waals surface area contributed by atoms with Crippen LogP contribution in [0.25, 0.3) is 0 Å². The number of nitrogens with zero attached hydrogens (tertiary/aromatic N) is 2. The summed E-state index contributed by atoms with van der Waals surface area (Å²) >= 11 is 1.37. The predicted molar refractivity (Wildman–Crippen MR) is 78.7 cm³/mol. The summed E-state index contributed by atoms with van der Waals surface area (Å²) in [4.78, 5) is 25.6. The molecule has 0 unspecified atom stereocenters. The van der Waals surface area contributed by atoms with E-state index in [9.17, 15) is 14.7 Å². The Hall–Kier alpha value is -2.15. The van der Waals surface area contributed by atoms with E-state index in [0.29, 0.717) is 18.8 Å². The van der Waals surface area contributed by atoms with Gasteiger partial charge in [-0.25, -0.2) is 4.79 Å². The maximum Gasteiger partial charge on any atom is 0.408 e. The summed E-state index contributed by atoms with van der Waals surface area (Å²) in [6.07, 6.45) is -0.997. The van der Waals surface area contributed by atoms with Gasteiger partial charge in [0, 0.05) is 16.7 Å². The van der Waals surface area contributed by atoms with E-state index in [0.717, 1.165) is 9.78 Å². The van der Waals surface area contributed by atoms with Crippen molar-refractivity contribution in [1.82, 2.24) is 10.2 Å². The van der Waals surface area contributed by atoms with Crippen molar-refractivity contribution >= 4 is 23.3 Å². The molecule has 23 heavy (non-hydrogen) atoms. The fourth-order valence-corrected chi connectivity index (χ4v) is 3.55. The number of ether oxygens (including phenoxy) is 2. The number of rotatable bonds is 3. The maximum atomic E-state index is 12.4. The molecule has 1 aromatic heterocycles. The summed E-state index contributed by atoms with van der Waals surface area (Å²) < 4.78 is 11.0. The van der Waals surface area contributed by atoms with Gasteiger partial charge in [-0.15, -0.1) is 11.3 Å². The summed E-state index contributed by atoms with van der Waals surface area (Å²) in [6.45, 7) is 1.07. The standard InChI is InChI=1S/C14H15N3O5S/c15-5-9-3-10(23-7-9)6-16-12(18)11-4-14(21-1-2-22-14)8-17(11)13(19)20/h3,7,11H,1-2,4,6,8H2,(H,16,18)(H,19,20)/t11-/m0/s1. The smallest absolute Gasteiger partial charge is 0.408 e. The Morgan fingerprint density at radius 2 is 2.26 bits per heavy atom. The first kappa shape index (κ1) is 15.7. The second-order valence-electron chi connectivity index (χ2n) is 5.37. The quantitative estimate of drug-likeness (QED) is 0.841. The van der Waals surface area contributed by atoms with Gasteiger partial charge in [-0.2, -0.15) is 5.26 Å². The summed E-state index contributed by atoms with van der Waals surface area (Å²) in [6, 6.07) is 2.87. The van der Waals surface area contributed by atoms with Crippen LogP contribution in [0.4, 0.5) is 4.79 Å². The minimum absolute atomic E-state index is 0.0258. The highest BCUT2D eigenvalue weighted by Crippen LogP contribution is 2.34. The van der Waals surface area contributed by atoms with E-state index in [4.69, 9.17) is 14.7 Å². The fourth-order valence-electron chi connectivity index (χ4n) is 2.80. The number of hydrogen-bond donors (Lipinski definition) is 2. The number of amides is 2. The third kappa shape index (κ3) is 3.14. The predicted octanol–water partition coefficient (Wildman–Crippen LogP) is 0.731. The molecule has 0 aliphatic carbocycles. The molecule has 0 aromatic carbocycles. The molecule has 0 radical (unpaired) electrons. The monoisotopic (exact) mass is 337 g/mol. The van der Waals surface area contributed by atoms with Gasteiger partial charge in [0.2, 0.25) is 5.91 Å². The number of thiophene rings is 1. The Bertz CT molecular complexity index is 662. The summed E-state index contributed by atoms with van der Waals surface area (Å²) in [5.41, 5.74) is 0.541. The topological polar surface area (TPSA) is 112 Å². The molecular weight excluding hydrogens is 322 g/mol. The molecular formula is C14H15N3O5S. The van der Waals surface area contributed by atoms with Gasteiger partial charge in [-0.05, 0) is 6.07 Å². The summed E-state index contributed by atoms with van der Waals surface area (Å²) in [5.74, 6) is -1.40. The number of carbonyl (C=O) groups is 2. The molecule has 2 saturated heterocycles. The number of likely N-dealkylation sites (tertiary alicyclic amines) is 1. The first-order valence-corrected chi connectivity index (χ1v) is 7.94. The van der Waals surface area contributed by atoms with Crippen LogP contribution in [0.5, 0.6) is 0 Å². The lowest BCUT2D eigenvalue weighted by atomic mass is 10.1. The molecule has 2 fully saturated rings. The molecule has 2 amide bonds. The average molecular weight is 337 g/mol. The minimum Gasteiger partial charge on any atom is -0.465 e.